The maximum Gasteiger partial charge on any atom is 0.307 e. The lowest BCUT2D eigenvalue weighted by atomic mass is 10.4. The van der Waals surface area contributed by atoms with E-state index in [1.165, 1.54) is 13.8 Å². The van der Waals surface area contributed by atoms with E-state index in [-0.39, 0.29) is 5.76 Å². The van der Waals surface area contributed by atoms with Gasteiger partial charge in [-0.15, -0.1) is 0 Å². The second-order valence-electron chi connectivity index (χ2n) is 1.74. The highest BCUT2D eigenvalue weighted by Gasteiger charge is 2.03. The van der Waals surface area contributed by atoms with Gasteiger partial charge < -0.3 is 9.84 Å². The van der Waals surface area contributed by atoms with Gasteiger partial charge in [0.15, 0.2) is 0 Å². The van der Waals surface area contributed by atoms with Crippen LogP contribution in [0.15, 0.2) is 12.3 Å². The minimum atomic E-state index is -0.783. The molecule has 1 N–H and O–H groups in total. The predicted octanol–water partition coefficient (Wildman–Crippen LogP) is 0.444. The monoisotopic (exact) mass is 130 g/mol. The molecule has 0 aromatic rings. The highest BCUT2D eigenvalue weighted by atomic mass is 16.5. The molecule has 1 unspecified atom stereocenters. The summed E-state index contributed by atoms with van der Waals surface area (Å²) < 4.78 is 4.43. The van der Waals surface area contributed by atoms with Crippen molar-refractivity contribution < 1.29 is 14.6 Å². The van der Waals surface area contributed by atoms with E-state index in [0.29, 0.717) is 0 Å². The first-order valence-electron chi connectivity index (χ1n) is 2.59. The van der Waals surface area contributed by atoms with Gasteiger partial charge in [-0.05, 0) is 6.92 Å². The third-order valence-corrected chi connectivity index (χ3v) is 0.741. The molecular formula is C6H10O3. The summed E-state index contributed by atoms with van der Waals surface area (Å²) in [4.78, 5) is 10.2. The van der Waals surface area contributed by atoms with E-state index in [1.807, 2.05) is 0 Å². The van der Waals surface area contributed by atoms with Crippen LogP contribution in [0.1, 0.15) is 13.8 Å². The lowest BCUT2D eigenvalue weighted by Crippen LogP contribution is -2.09. The van der Waals surface area contributed by atoms with E-state index in [4.69, 9.17) is 5.11 Å². The number of esters is 1. The Morgan fingerprint density at radius 2 is 2.22 bits per heavy atom. The minimum Gasteiger partial charge on any atom is -0.429 e. The van der Waals surface area contributed by atoms with Crippen LogP contribution in [0.25, 0.3) is 0 Å². The Labute approximate surface area is 53.9 Å². The van der Waals surface area contributed by atoms with Crippen LogP contribution in [0, 0.1) is 0 Å². The number of aliphatic hydroxyl groups is 1. The summed E-state index contributed by atoms with van der Waals surface area (Å²) in [6.07, 6.45) is -0.783. The Bertz CT molecular complexity index is 126. The summed E-state index contributed by atoms with van der Waals surface area (Å²) in [7, 11) is 0. The van der Waals surface area contributed by atoms with Crippen LogP contribution in [0.4, 0.5) is 0 Å². The Hall–Kier alpha value is -0.830. The fourth-order valence-electron chi connectivity index (χ4n) is 0.270. The van der Waals surface area contributed by atoms with Crippen LogP contribution in [0.3, 0.4) is 0 Å². The summed E-state index contributed by atoms with van der Waals surface area (Å²) >= 11 is 0. The first-order valence-corrected chi connectivity index (χ1v) is 2.59. The van der Waals surface area contributed by atoms with Gasteiger partial charge in [0.25, 0.3) is 0 Å². The van der Waals surface area contributed by atoms with Crippen molar-refractivity contribution in [2.24, 2.45) is 0 Å². The van der Waals surface area contributed by atoms with E-state index in [1.54, 1.807) is 0 Å². The van der Waals surface area contributed by atoms with Crippen molar-refractivity contribution in [1.82, 2.24) is 0 Å². The lowest BCUT2D eigenvalue weighted by molar-refractivity contribution is -0.138. The molecule has 0 fully saturated rings. The van der Waals surface area contributed by atoms with Gasteiger partial charge in [0.05, 0.1) is 0 Å². The van der Waals surface area contributed by atoms with Crippen molar-refractivity contribution in [3.63, 3.8) is 0 Å². The number of aliphatic hydroxyl groups excluding tert-OH is 1. The molecule has 0 aliphatic carbocycles. The third kappa shape index (κ3) is 3.73. The molecule has 0 spiro atoms. The largest absolute Gasteiger partial charge is 0.429 e. The van der Waals surface area contributed by atoms with Crippen molar-refractivity contribution >= 4 is 5.97 Å². The van der Waals surface area contributed by atoms with Gasteiger partial charge in [-0.2, -0.15) is 0 Å². The zero-order valence-corrected chi connectivity index (χ0v) is 5.55. The van der Waals surface area contributed by atoms with Crippen molar-refractivity contribution in [1.29, 1.82) is 0 Å². The quantitative estimate of drug-likeness (QED) is 0.436. The maximum absolute atomic E-state index is 10.2. The second kappa shape index (κ2) is 3.25. The highest BCUT2D eigenvalue weighted by molar-refractivity contribution is 5.67. The van der Waals surface area contributed by atoms with E-state index < -0.39 is 12.1 Å². The molecule has 0 heterocycles. The number of rotatable bonds is 2. The van der Waals surface area contributed by atoms with Crippen molar-refractivity contribution in [3.8, 4) is 0 Å². The second-order valence-corrected chi connectivity index (χ2v) is 1.74. The highest BCUT2D eigenvalue weighted by Crippen LogP contribution is 1.99. The molecule has 0 saturated carbocycles. The molecule has 0 aromatic heterocycles. The Balaban J connectivity index is 3.64. The molecular weight excluding hydrogens is 120 g/mol. The summed E-state index contributed by atoms with van der Waals surface area (Å²) in [6.45, 7) is 6.04. The fourth-order valence-corrected chi connectivity index (χ4v) is 0.270. The molecule has 3 nitrogen and oxygen atoms in total. The normalized spacial score (nSPS) is 12.3. The average Bonchev–Trinajstić information content (AvgIpc) is 1.63. The van der Waals surface area contributed by atoms with Crippen molar-refractivity contribution in [2.45, 2.75) is 20.0 Å². The van der Waals surface area contributed by atoms with E-state index >= 15 is 0 Å². The van der Waals surface area contributed by atoms with Gasteiger partial charge in [0.1, 0.15) is 11.9 Å². The van der Waals surface area contributed by atoms with Crippen LogP contribution in [0.2, 0.25) is 0 Å². The van der Waals surface area contributed by atoms with Gasteiger partial charge >= 0.3 is 5.97 Å². The molecule has 0 aliphatic heterocycles. The van der Waals surface area contributed by atoms with E-state index in [2.05, 4.69) is 11.3 Å². The van der Waals surface area contributed by atoms with Crippen LogP contribution >= 0.6 is 0 Å². The van der Waals surface area contributed by atoms with Gasteiger partial charge in [-0.1, -0.05) is 6.58 Å². The van der Waals surface area contributed by atoms with Crippen molar-refractivity contribution in [2.75, 3.05) is 0 Å². The smallest absolute Gasteiger partial charge is 0.307 e. The summed E-state index contributed by atoms with van der Waals surface area (Å²) in [5.74, 6) is -0.372. The minimum absolute atomic E-state index is 0.0856. The molecule has 0 aromatic carbocycles. The third-order valence-electron chi connectivity index (χ3n) is 0.741. The van der Waals surface area contributed by atoms with Gasteiger partial charge in [-0.25, -0.2) is 0 Å². The Morgan fingerprint density at radius 1 is 1.78 bits per heavy atom. The first kappa shape index (κ1) is 8.17. The molecule has 0 saturated heterocycles. The molecule has 3 heteroatoms. The van der Waals surface area contributed by atoms with Gasteiger partial charge in [-0.3, -0.25) is 4.79 Å². The molecule has 9 heavy (non-hydrogen) atoms. The average molecular weight is 130 g/mol. The molecule has 52 valence electrons. The molecule has 0 bridgehead atoms. The van der Waals surface area contributed by atoms with E-state index in [9.17, 15) is 4.79 Å². The van der Waals surface area contributed by atoms with Crippen LogP contribution < -0.4 is 0 Å². The Morgan fingerprint density at radius 3 is 2.33 bits per heavy atom. The van der Waals surface area contributed by atoms with Gasteiger partial charge in [0.2, 0.25) is 0 Å². The summed E-state index contributed by atoms with van der Waals surface area (Å²) in [6, 6.07) is 0. The maximum atomic E-state index is 10.2. The number of carbonyl (C=O) groups excluding carboxylic acids is 1. The zero-order chi connectivity index (χ0) is 7.44. The predicted molar refractivity (Wildman–Crippen MR) is 32.6 cm³/mol. The summed E-state index contributed by atoms with van der Waals surface area (Å²) in [5.41, 5.74) is 0. The number of ether oxygens (including phenoxy) is 1. The van der Waals surface area contributed by atoms with Crippen LogP contribution in [-0.4, -0.2) is 17.2 Å². The molecule has 0 rings (SSSR count). The van der Waals surface area contributed by atoms with Gasteiger partial charge in [0, 0.05) is 6.92 Å². The first-order chi connectivity index (χ1) is 4.04. The molecule has 0 aliphatic rings. The molecule has 0 radical (unpaired) electrons. The van der Waals surface area contributed by atoms with Crippen molar-refractivity contribution in [3.05, 3.63) is 12.3 Å². The molecule has 0 amide bonds. The summed E-state index contributed by atoms with van der Waals surface area (Å²) in [5, 5.41) is 8.69. The lowest BCUT2D eigenvalue weighted by Gasteiger charge is -2.05. The Kier molecular flexibility index (Phi) is 2.95. The number of carbonyl (C=O) groups is 1. The number of hydrogen-bond acceptors (Lipinski definition) is 3. The SMILES string of the molecule is C=C(OC(C)=O)C(C)O. The standard InChI is InChI=1S/C6H10O3/c1-4(7)5(2)9-6(3)8/h4,7H,2H2,1,3H3. The molecule has 1 atom stereocenters. The van der Waals surface area contributed by atoms with Crippen LogP contribution in [-0.2, 0) is 9.53 Å². The van der Waals surface area contributed by atoms with Crippen LogP contribution in [0.5, 0.6) is 0 Å². The fraction of sp³-hybridized carbons (Fsp3) is 0.500. The topological polar surface area (TPSA) is 46.5 Å². The zero-order valence-electron chi connectivity index (χ0n) is 5.55. The van der Waals surface area contributed by atoms with E-state index in [0.717, 1.165) is 0 Å². The number of hydrogen-bond donors (Lipinski definition) is 1.